The molecule has 1 aliphatic rings. The van der Waals surface area contributed by atoms with Gasteiger partial charge in [-0.25, -0.2) is 4.39 Å². The van der Waals surface area contributed by atoms with Gasteiger partial charge >= 0.3 is 35.3 Å². The molecule has 2 nitrogen and oxygen atoms in total. The predicted octanol–water partition coefficient (Wildman–Crippen LogP) is 4.83. The number of carbonyl (C=O) groups is 1. The van der Waals surface area contributed by atoms with Crippen molar-refractivity contribution in [2.24, 2.45) is 0 Å². The molecule has 1 fully saturated rings. The lowest BCUT2D eigenvalue weighted by atomic mass is 9.71. The summed E-state index contributed by atoms with van der Waals surface area (Å²) < 4.78 is 149. The van der Waals surface area contributed by atoms with Crippen LogP contribution in [0.2, 0.25) is 0 Å². The molecule has 0 heterocycles. The van der Waals surface area contributed by atoms with Gasteiger partial charge in [-0.1, -0.05) is 17.7 Å². The second-order valence-corrected chi connectivity index (χ2v) is 5.85. The Balaban J connectivity index is 2.66. The number of halogens is 11. The zero-order valence-electron chi connectivity index (χ0n) is 12.9. The Labute approximate surface area is 143 Å². The Morgan fingerprint density at radius 1 is 0.667 bits per heavy atom. The van der Waals surface area contributed by atoms with Crippen molar-refractivity contribution in [3.63, 3.8) is 0 Å². The van der Waals surface area contributed by atoms with Gasteiger partial charge in [-0.2, -0.15) is 43.9 Å². The first-order valence-corrected chi connectivity index (χ1v) is 6.85. The van der Waals surface area contributed by atoms with Crippen molar-refractivity contribution in [2.75, 3.05) is 5.32 Å². The van der Waals surface area contributed by atoms with Crippen LogP contribution in [0.25, 0.3) is 0 Å². The molecule has 0 unspecified atom stereocenters. The van der Waals surface area contributed by atoms with Crippen LogP contribution in [-0.4, -0.2) is 41.2 Å². The van der Waals surface area contributed by atoms with Crippen LogP contribution in [0.4, 0.5) is 54.0 Å². The normalized spacial score (nSPS) is 26.2. The third-order valence-electron chi connectivity index (χ3n) is 4.06. The van der Waals surface area contributed by atoms with Crippen LogP contribution >= 0.6 is 0 Å². The highest BCUT2D eigenvalue weighted by Gasteiger charge is 3.02. The summed E-state index contributed by atoms with van der Waals surface area (Å²) in [6.07, 6.45) is 0. The van der Waals surface area contributed by atoms with Gasteiger partial charge < -0.3 is 5.32 Å². The van der Waals surface area contributed by atoms with Gasteiger partial charge in [0.2, 0.25) is 0 Å². The molecule has 0 radical (unpaired) electrons. The molecule has 1 amide bonds. The van der Waals surface area contributed by atoms with E-state index in [-0.39, 0.29) is 0 Å². The Bertz CT molecular complexity index is 727. The quantitative estimate of drug-likeness (QED) is 0.689. The molecule has 0 bridgehead atoms. The van der Waals surface area contributed by atoms with E-state index in [1.54, 1.807) is 0 Å². The maximum atomic E-state index is 14.4. The molecule has 13 heteroatoms. The first-order valence-electron chi connectivity index (χ1n) is 6.85. The number of hydrogen-bond acceptors (Lipinski definition) is 1. The third-order valence-corrected chi connectivity index (χ3v) is 4.06. The highest BCUT2D eigenvalue weighted by Crippen LogP contribution is 2.69. The number of nitrogens with one attached hydrogen (secondary N) is 1. The lowest BCUT2D eigenvalue weighted by Crippen LogP contribution is -2.86. The van der Waals surface area contributed by atoms with Crippen molar-refractivity contribution in [1.29, 1.82) is 0 Å². The Morgan fingerprint density at radius 3 is 1.37 bits per heavy atom. The van der Waals surface area contributed by atoms with Crippen LogP contribution in [0.5, 0.6) is 0 Å². The highest BCUT2D eigenvalue weighted by atomic mass is 19.4. The van der Waals surface area contributed by atoms with E-state index in [0.29, 0.717) is 5.56 Å². The minimum atomic E-state index is -7.35. The maximum Gasteiger partial charge on any atom is 0.384 e. The molecule has 2 rings (SSSR count). The Morgan fingerprint density at radius 2 is 1.00 bits per heavy atom. The molecule has 0 spiro atoms. The number of hydrogen-bond donors (Lipinski definition) is 1. The van der Waals surface area contributed by atoms with Crippen LogP contribution in [0.15, 0.2) is 24.3 Å². The zero-order chi connectivity index (χ0) is 21.3. The molecule has 1 N–H and O–H groups in total. The largest absolute Gasteiger partial charge is 0.384 e. The van der Waals surface area contributed by atoms with Crippen molar-refractivity contribution in [3.8, 4) is 0 Å². The number of benzene rings is 1. The van der Waals surface area contributed by atoms with Gasteiger partial charge in [-0.05, 0) is 19.1 Å². The van der Waals surface area contributed by atoms with Crippen LogP contribution in [0, 0.1) is 6.92 Å². The number of aryl methyl sites for hydroxylation is 1. The average Bonchev–Trinajstić information content (AvgIpc) is 2.54. The fourth-order valence-electron chi connectivity index (χ4n) is 2.36. The van der Waals surface area contributed by atoms with E-state index >= 15 is 0 Å². The molecule has 0 aliphatic heterocycles. The summed E-state index contributed by atoms with van der Waals surface area (Å²) in [6, 6.07) is 3.91. The van der Waals surface area contributed by atoms with Crippen LogP contribution in [0.3, 0.4) is 0 Å². The van der Waals surface area contributed by atoms with Crippen molar-refractivity contribution >= 4 is 11.6 Å². The van der Waals surface area contributed by atoms with E-state index in [4.69, 9.17) is 0 Å². The van der Waals surface area contributed by atoms with E-state index < -0.39 is 46.9 Å². The summed E-state index contributed by atoms with van der Waals surface area (Å²) in [4.78, 5) is 11.6. The van der Waals surface area contributed by atoms with E-state index in [1.807, 2.05) is 0 Å². The SMILES string of the molecule is Cc1ccc(NC(=O)C2(F)C(F)(F)C(F)(F)C(F)(F)C(F)(F)C2(F)F)cc1. The van der Waals surface area contributed by atoms with Crippen LogP contribution < -0.4 is 5.32 Å². The summed E-state index contributed by atoms with van der Waals surface area (Å²) in [6.45, 7) is 1.47. The molecule has 1 aromatic carbocycles. The predicted molar refractivity (Wildman–Crippen MR) is 68.4 cm³/mol. The van der Waals surface area contributed by atoms with Crippen molar-refractivity contribution in [3.05, 3.63) is 29.8 Å². The summed E-state index contributed by atoms with van der Waals surface area (Å²) >= 11 is 0. The molecule has 27 heavy (non-hydrogen) atoms. The standard InChI is InChI=1S/C14H8F11NO/c1-6-2-4-7(5-3-6)26-8(27)9(15)10(16,17)12(20,21)14(24,25)13(22,23)11(9,18)19/h2-5H,1H3,(H,26,27). The summed E-state index contributed by atoms with van der Waals surface area (Å²) in [7, 11) is 0. The molecule has 1 aliphatic carbocycles. The lowest BCUT2D eigenvalue weighted by molar-refractivity contribution is -0.475. The van der Waals surface area contributed by atoms with Gasteiger partial charge in [0.05, 0.1) is 0 Å². The number of amides is 1. The van der Waals surface area contributed by atoms with E-state index in [1.165, 1.54) is 6.92 Å². The first-order chi connectivity index (χ1) is 11.9. The van der Waals surface area contributed by atoms with Crippen molar-refractivity contribution in [2.45, 2.75) is 42.2 Å². The molecular weight excluding hydrogens is 407 g/mol. The smallest absolute Gasteiger partial charge is 0.323 e. The van der Waals surface area contributed by atoms with Gasteiger partial charge in [0.1, 0.15) is 0 Å². The van der Waals surface area contributed by atoms with Gasteiger partial charge in [-0.3, -0.25) is 4.79 Å². The fraction of sp³-hybridized carbons (Fsp3) is 0.500. The molecule has 1 saturated carbocycles. The monoisotopic (exact) mass is 415 g/mol. The minimum Gasteiger partial charge on any atom is -0.323 e. The second kappa shape index (κ2) is 5.47. The highest BCUT2D eigenvalue weighted by molar-refractivity contribution is 5.99. The summed E-state index contributed by atoms with van der Waals surface area (Å²) in [5, 5.41) is 1.01. The molecular formula is C14H8F11NO. The topological polar surface area (TPSA) is 29.1 Å². The zero-order valence-corrected chi connectivity index (χ0v) is 12.9. The minimum absolute atomic E-state index is 0.467. The van der Waals surface area contributed by atoms with Crippen molar-refractivity contribution < 1.29 is 53.1 Å². The summed E-state index contributed by atoms with van der Waals surface area (Å²) in [5.41, 5.74) is -6.94. The van der Waals surface area contributed by atoms with Gasteiger partial charge in [-0.15, -0.1) is 0 Å². The molecule has 152 valence electrons. The van der Waals surface area contributed by atoms with E-state index in [2.05, 4.69) is 0 Å². The third kappa shape index (κ3) is 2.22. The Hall–Kier alpha value is -2.08. The molecule has 0 saturated heterocycles. The first kappa shape index (κ1) is 21.2. The maximum absolute atomic E-state index is 14.4. The lowest BCUT2D eigenvalue weighted by Gasteiger charge is -2.51. The van der Waals surface area contributed by atoms with Gasteiger partial charge in [0.15, 0.2) is 0 Å². The number of rotatable bonds is 2. The van der Waals surface area contributed by atoms with Gasteiger partial charge in [0.25, 0.3) is 5.91 Å². The summed E-state index contributed by atoms with van der Waals surface area (Å²) in [5.74, 6) is -39.7. The fourth-order valence-corrected chi connectivity index (χ4v) is 2.36. The number of carbonyl (C=O) groups excluding carboxylic acids is 1. The average molecular weight is 415 g/mol. The molecule has 0 aromatic heterocycles. The Kier molecular flexibility index (Phi) is 4.30. The van der Waals surface area contributed by atoms with Crippen molar-refractivity contribution in [1.82, 2.24) is 0 Å². The number of anilines is 1. The molecule has 0 atom stereocenters. The van der Waals surface area contributed by atoms with Crippen LogP contribution in [0.1, 0.15) is 5.56 Å². The second-order valence-electron chi connectivity index (χ2n) is 5.85. The number of alkyl halides is 11. The van der Waals surface area contributed by atoms with Crippen LogP contribution in [-0.2, 0) is 4.79 Å². The van der Waals surface area contributed by atoms with Gasteiger partial charge in [0, 0.05) is 5.69 Å². The van der Waals surface area contributed by atoms with E-state index in [9.17, 15) is 53.1 Å². The molecule has 1 aromatic rings. The van der Waals surface area contributed by atoms with E-state index in [0.717, 1.165) is 29.6 Å².